The van der Waals surface area contributed by atoms with E-state index in [9.17, 15) is 10.1 Å². The number of benzene rings is 1. The van der Waals surface area contributed by atoms with E-state index in [1.54, 1.807) is 12.3 Å². The largest absolute Gasteiger partial charge is 0.385 e. The van der Waals surface area contributed by atoms with Crippen LogP contribution in [-0.2, 0) is 6.54 Å². The number of nitriles is 1. The average molecular weight is 271 g/mol. The van der Waals surface area contributed by atoms with Gasteiger partial charge in [0.05, 0.1) is 4.92 Å². The molecule has 0 saturated heterocycles. The normalized spacial score (nSPS) is 9.95. The van der Waals surface area contributed by atoms with Gasteiger partial charge >= 0.3 is 0 Å². The number of nitro benzene ring substituents is 1. The van der Waals surface area contributed by atoms with Gasteiger partial charge in [-0.05, 0) is 24.6 Å². The predicted octanol–water partition coefficient (Wildman–Crippen LogP) is 2.17. The average Bonchev–Trinajstić information content (AvgIpc) is 2.96. The first kappa shape index (κ1) is 13.5. The third-order valence-electron chi connectivity index (χ3n) is 2.77. The first-order chi connectivity index (χ1) is 9.70. The van der Waals surface area contributed by atoms with Gasteiger partial charge in [0, 0.05) is 37.2 Å². The number of nitro groups is 1. The van der Waals surface area contributed by atoms with Crippen LogP contribution in [-0.4, -0.2) is 21.2 Å². The highest BCUT2D eigenvalue weighted by atomic mass is 16.6. The standard InChI is InChI=1S/C13H13N5O2/c14-10-11-9-12(3-4-13(11)18(19)20)15-5-1-7-17-8-2-6-16-17/h2-4,6,8-9,15H,1,5,7H2. The minimum absolute atomic E-state index is 0.0621. The Morgan fingerprint density at radius 2 is 2.35 bits per heavy atom. The van der Waals surface area contributed by atoms with Crippen molar-refractivity contribution in [3.63, 3.8) is 0 Å². The van der Waals surface area contributed by atoms with Gasteiger partial charge in [0.2, 0.25) is 0 Å². The maximum absolute atomic E-state index is 10.7. The van der Waals surface area contributed by atoms with Gasteiger partial charge in [-0.1, -0.05) is 0 Å². The summed E-state index contributed by atoms with van der Waals surface area (Å²) in [6, 6.07) is 8.14. The Labute approximate surface area is 115 Å². The molecule has 0 bridgehead atoms. The highest BCUT2D eigenvalue weighted by Gasteiger charge is 2.13. The van der Waals surface area contributed by atoms with Crippen LogP contribution < -0.4 is 5.32 Å². The second-order valence-corrected chi connectivity index (χ2v) is 4.15. The molecule has 20 heavy (non-hydrogen) atoms. The SMILES string of the molecule is N#Cc1cc(NCCCn2cccn2)ccc1[N+](=O)[O-]. The van der Waals surface area contributed by atoms with E-state index in [2.05, 4.69) is 10.4 Å². The van der Waals surface area contributed by atoms with E-state index in [0.717, 1.165) is 13.0 Å². The number of rotatable bonds is 6. The van der Waals surface area contributed by atoms with Crippen molar-refractivity contribution in [1.82, 2.24) is 9.78 Å². The molecule has 0 unspecified atom stereocenters. The lowest BCUT2D eigenvalue weighted by atomic mass is 10.1. The zero-order valence-electron chi connectivity index (χ0n) is 10.7. The van der Waals surface area contributed by atoms with Crippen molar-refractivity contribution in [3.05, 3.63) is 52.3 Å². The molecule has 7 heteroatoms. The summed E-state index contributed by atoms with van der Waals surface area (Å²) in [6.45, 7) is 1.49. The Morgan fingerprint density at radius 1 is 1.50 bits per heavy atom. The first-order valence-corrected chi connectivity index (χ1v) is 6.10. The number of nitrogens with zero attached hydrogens (tertiary/aromatic N) is 4. The van der Waals surface area contributed by atoms with Crippen LogP contribution in [0, 0.1) is 21.4 Å². The van der Waals surface area contributed by atoms with Crippen LogP contribution in [0.25, 0.3) is 0 Å². The van der Waals surface area contributed by atoms with Gasteiger partial charge < -0.3 is 5.32 Å². The Kier molecular flexibility index (Phi) is 4.29. The maximum atomic E-state index is 10.7. The van der Waals surface area contributed by atoms with Crippen molar-refractivity contribution < 1.29 is 4.92 Å². The Morgan fingerprint density at radius 3 is 3.00 bits per heavy atom. The van der Waals surface area contributed by atoms with Gasteiger partial charge in [-0.3, -0.25) is 14.8 Å². The molecule has 0 radical (unpaired) electrons. The van der Waals surface area contributed by atoms with E-state index in [1.165, 1.54) is 12.1 Å². The second-order valence-electron chi connectivity index (χ2n) is 4.15. The fourth-order valence-electron chi connectivity index (χ4n) is 1.80. The Balaban J connectivity index is 1.90. The van der Waals surface area contributed by atoms with Crippen molar-refractivity contribution in [2.24, 2.45) is 0 Å². The number of aryl methyl sites for hydroxylation is 1. The lowest BCUT2D eigenvalue weighted by Gasteiger charge is -2.07. The minimum Gasteiger partial charge on any atom is -0.385 e. The third kappa shape index (κ3) is 3.32. The molecule has 2 aromatic rings. The highest BCUT2D eigenvalue weighted by molar-refractivity contribution is 5.58. The van der Waals surface area contributed by atoms with E-state index >= 15 is 0 Å². The fraction of sp³-hybridized carbons (Fsp3) is 0.231. The van der Waals surface area contributed by atoms with Crippen LogP contribution >= 0.6 is 0 Å². The maximum Gasteiger partial charge on any atom is 0.287 e. The highest BCUT2D eigenvalue weighted by Crippen LogP contribution is 2.21. The van der Waals surface area contributed by atoms with Crippen LogP contribution in [0.1, 0.15) is 12.0 Å². The molecule has 0 spiro atoms. The molecule has 0 atom stereocenters. The number of hydrogen-bond donors (Lipinski definition) is 1. The smallest absolute Gasteiger partial charge is 0.287 e. The zero-order chi connectivity index (χ0) is 14.4. The van der Waals surface area contributed by atoms with Gasteiger partial charge in [0.1, 0.15) is 11.6 Å². The quantitative estimate of drug-likeness (QED) is 0.493. The number of hydrogen-bond acceptors (Lipinski definition) is 5. The van der Waals surface area contributed by atoms with E-state index < -0.39 is 4.92 Å². The summed E-state index contributed by atoms with van der Waals surface area (Å²) in [5, 5.41) is 26.8. The Bertz CT molecular complexity index is 631. The molecule has 1 aromatic carbocycles. The van der Waals surface area contributed by atoms with E-state index in [4.69, 9.17) is 5.26 Å². The molecule has 7 nitrogen and oxygen atoms in total. The summed E-state index contributed by atoms with van der Waals surface area (Å²) in [6.07, 6.45) is 4.48. The van der Waals surface area contributed by atoms with Crippen LogP contribution in [0.5, 0.6) is 0 Å². The number of nitrogens with one attached hydrogen (secondary N) is 1. The molecule has 0 aliphatic rings. The molecule has 0 aliphatic carbocycles. The van der Waals surface area contributed by atoms with Crippen molar-refractivity contribution >= 4 is 11.4 Å². The summed E-state index contributed by atoms with van der Waals surface area (Å²) < 4.78 is 1.83. The van der Waals surface area contributed by atoms with Gasteiger partial charge in [-0.15, -0.1) is 0 Å². The van der Waals surface area contributed by atoms with Crippen molar-refractivity contribution in [1.29, 1.82) is 5.26 Å². The van der Waals surface area contributed by atoms with Crippen molar-refractivity contribution in [2.75, 3.05) is 11.9 Å². The summed E-state index contributed by atoms with van der Waals surface area (Å²) in [5.74, 6) is 0. The fourth-order valence-corrected chi connectivity index (χ4v) is 1.80. The monoisotopic (exact) mass is 271 g/mol. The van der Waals surface area contributed by atoms with Crippen LogP contribution in [0.2, 0.25) is 0 Å². The van der Waals surface area contributed by atoms with E-state index in [-0.39, 0.29) is 11.3 Å². The molecule has 1 N–H and O–H groups in total. The first-order valence-electron chi connectivity index (χ1n) is 6.10. The van der Waals surface area contributed by atoms with E-state index in [0.29, 0.717) is 12.2 Å². The lowest BCUT2D eigenvalue weighted by molar-refractivity contribution is -0.385. The molecule has 2 rings (SSSR count). The number of anilines is 1. The van der Waals surface area contributed by atoms with Gasteiger partial charge in [-0.25, -0.2) is 0 Å². The van der Waals surface area contributed by atoms with Crippen molar-refractivity contribution in [2.45, 2.75) is 13.0 Å². The van der Waals surface area contributed by atoms with E-state index in [1.807, 2.05) is 23.0 Å². The van der Waals surface area contributed by atoms with Crippen molar-refractivity contribution in [3.8, 4) is 6.07 Å². The lowest BCUT2D eigenvalue weighted by Crippen LogP contribution is -2.07. The summed E-state index contributed by atoms with van der Waals surface area (Å²) in [4.78, 5) is 10.2. The summed E-state index contributed by atoms with van der Waals surface area (Å²) in [5.41, 5.74) is 0.592. The minimum atomic E-state index is -0.556. The van der Waals surface area contributed by atoms with Crippen LogP contribution in [0.15, 0.2) is 36.7 Å². The molecular formula is C13H13N5O2. The molecule has 1 heterocycles. The third-order valence-corrected chi connectivity index (χ3v) is 2.77. The molecule has 102 valence electrons. The van der Waals surface area contributed by atoms with Gasteiger partial charge in [0.15, 0.2) is 0 Å². The Hall–Kier alpha value is -2.88. The molecule has 0 amide bonds. The molecular weight excluding hydrogens is 258 g/mol. The molecule has 0 aliphatic heterocycles. The zero-order valence-corrected chi connectivity index (χ0v) is 10.7. The number of aromatic nitrogens is 2. The van der Waals surface area contributed by atoms with Crippen LogP contribution in [0.4, 0.5) is 11.4 Å². The molecule has 1 aromatic heterocycles. The van der Waals surface area contributed by atoms with Gasteiger partial charge in [0.25, 0.3) is 5.69 Å². The summed E-state index contributed by atoms with van der Waals surface area (Å²) in [7, 11) is 0. The van der Waals surface area contributed by atoms with Gasteiger partial charge in [-0.2, -0.15) is 10.4 Å². The molecule has 0 fully saturated rings. The predicted molar refractivity (Wildman–Crippen MR) is 73.1 cm³/mol. The van der Waals surface area contributed by atoms with Crippen LogP contribution in [0.3, 0.4) is 0 Å². The topological polar surface area (TPSA) is 96.8 Å². The molecule has 0 saturated carbocycles. The summed E-state index contributed by atoms with van der Waals surface area (Å²) >= 11 is 0. The second kappa shape index (κ2) is 6.33.